The molecule has 0 unspecified atom stereocenters. The van der Waals surface area contributed by atoms with Crippen molar-refractivity contribution in [1.29, 1.82) is 0 Å². The van der Waals surface area contributed by atoms with Crippen LogP contribution in [-0.2, 0) is 0 Å². The van der Waals surface area contributed by atoms with Gasteiger partial charge in [0.1, 0.15) is 11.9 Å². The summed E-state index contributed by atoms with van der Waals surface area (Å²) in [6.45, 7) is 6.24. The van der Waals surface area contributed by atoms with Crippen LogP contribution in [0, 0.1) is 31.0 Å². The highest BCUT2D eigenvalue weighted by atomic mass is 35.7. The van der Waals surface area contributed by atoms with Crippen molar-refractivity contribution < 1.29 is 33.3 Å². The van der Waals surface area contributed by atoms with Gasteiger partial charge in [0.05, 0.1) is 0 Å². The van der Waals surface area contributed by atoms with E-state index in [1.165, 1.54) is 10.6 Å². The van der Waals surface area contributed by atoms with Crippen molar-refractivity contribution in [2.45, 2.75) is 20.8 Å². The second-order valence-electron chi connectivity index (χ2n) is 3.41. The molecule has 0 aliphatic rings. The lowest BCUT2D eigenvalue weighted by molar-refractivity contribution is -2.00. The smallest absolute Gasteiger partial charge is 0.222 e. The summed E-state index contributed by atoms with van der Waals surface area (Å²) >= 11 is 1.73. The van der Waals surface area contributed by atoms with Crippen molar-refractivity contribution in [3.63, 3.8) is 0 Å². The topological polar surface area (TPSA) is 109 Å². The number of halogens is 1. The number of fused-ring (bicyclic) bond motifs is 1. The number of hydrogen-bond donors (Lipinski definition) is 0. The Morgan fingerprint density at radius 1 is 1.18 bits per heavy atom. The van der Waals surface area contributed by atoms with E-state index in [-0.39, 0.29) is 0 Å². The number of aromatic nitrogens is 2. The van der Waals surface area contributed by atoms with E-state index in [0.29, 0.717) is 0 Å². The SMILES string of the molecule is Cc1cc(C)[n+]2cc(C)sc2n1.[O-][Cl+3]([O-])([O-])[O-]. The molecule has 2 aromatic rings. The van der Waals surface area contributed by atoms with Crippen LogP contribution >= 0.6 is 11.3 Å². The first-order valence-corrected chi connectivity index (χ1v) is 6.60. The van der Waals surface area contributed by atoms with Gasteiger partial charge in [0.15, 0.2) is 5.69 Å². The van der Waals surface area contributed by atoms with Gasteiger partial charge in [0.25, 0.3) is 0 Å². The molecule has 0 fully saturated rings. The van der Waals surface area contributed by atoms with Crippen LogP contribution in [0.3, 0.4) is 0 Å². The standard InChI is InChI=1S/C9H11N2S.ClHO4/c1-6-4-7(2)11-5-8(3)12-9(11)10-6;2-1(3,4)5/h4-5H,1-3H3;(H,2,3,4,5)/q+1;/p-1. The summed E-state index contributed by atoms with van der Waals surface area (Å²) in [5.41, 5.74) is 2.34. The molecule has 0 N–H and O–H groups in total. The molecule has 2 heterocycles. The lowest BCUT2D eigenvalue weighted by Crippen LogP contribution is -2.68. The number of thiazole rings is 1. The van der Waals surface area contributed by atoms with E-state index in [1.54, 1.807) is 11.3 Å². The molecule has 94 valence electrons. The van der Waals surface area contributed by atoms with Crippen molar-refractivity contribution in [3.05, 3.63) is 28.5 Å². The number of rotatable bonds is 0. The summed E-state index contributed by atoms with van der Waals surface area (Å²) < 4.78 is 36.1. The van der Waals surface area contributed by atoms with Gasteiger partial charge in [0, 0.05) is 17.9 Å². The number of hydrogen-bond acceptors (Lipinski definition) is 6. The van der Waals surface area contributed by atoms with Crippen LogP contribution < -0.4 is 23.0 Å². The van der Waals surface area contributed by atoms with Gasteiger partial charge >= 0.3 is 4.96 Å². The van der Waals surface area contributed by atoms with E-state index >= 15 is 0 Å². The predicted octanol–water partition coefficient (Wildman–Crippen LogP) is -2.95. The minimum Gasteiger partial charge on any atom is -0.222 e. The van der Waals surface area contributed by atoms with Gasteiger partial charge < -0.3 is 0 Å². The molecule has 2 rings (SSSR count). The van der Waals surface area contributed by atoms with Crippen LogP contribution in [-0.4, -0.2) is 4.98 Å². The monoisotopic (exact) mass is 278 g/mol. The third-order valence-electron chi connectivity index (χ3n) is 1.84. The molecular weight excluding hydrogens is 268 g/mol. The van der Waals surface area contributed by atoms with Crippen molar-refractivity contribution in [2.24, 2.45) is 0 Å². The highest BCUT2D eigenvalue weighted by Gasteiger charge is 2.11. The van der Waals surface area contributed by atoms with Gasteiger partial charge in [-0.1, -0.05) is 0 Å². The van der Waals surface area contributed by atoms with E-state index in [9.17, 15) is 0 Å². The molecule has 0 aliphatic heterocycles. The summed E-state index contributed by atoms with van der Waals surface area (Å²) in [7, 11) is -4.94. The molecule has 0 aliphatic carbocycles. The second kappa shape index (κ2) is 5.21. The summed E-state index contributed by atoms with van der Waals surface area (Å²) in [5.74, 6) is 0. The Morgan fingerprint density at radius 2 is 1.71 bits per heavy atom. The van der Waals surface area contributed by atoms with Gasteiger partial charge in [-0.25, -0.2) is 18.6 Å². The Bertz CT molecular complexity index is 517. The highest BCUT2D eigenvalue weighted by Crippen LogP contribution is 2.10. The fourth-order valence-corrected chi connectivity index (χ4v) is 2.27. The van der Waals surface area contributed by atoms with Crippen molar-refractivity contribution in [1.82, 2.24) is 4.98 Å². The average molecular weight is 279 g/mol. The van der Waals surface area contributed by atoms with Gasteiger partial charge in [-0.15, -0.1) is 10.2 Å². The first-order chi connectivity index (χ1) is 7.66. The normalized spacial score (nSPS) is 11.2. The first kappa shape index (κ1) is 14.2. The Balaban J connectivity index is 0.000000249. The summed E-state index contributed by atoms with van der Waals surface area (Å²) in [4.78, 5) is 6.83. The van der Waals surface area contributed by atoms with E-state index in [4.69, 9.17) is 18.6 Å². The zero-order chi connectivity index (χ0) is 13.2. The molecule has 0 saturated heterocycles. The molecule has 8 heteroatoms. The quantitative estimate of drug-likeness (QED) is 0.479. The molecule has 17 heavy (non-hydrogen) atoms. The Morgan fingerprint density at radius 3 is 2.24 bits per heavy atom. The summed E-state index contributed by atoms with van der Waals surface area (Å²) in [6, 6.07) is 2.10. The lowest BCUT2D eigenvalue weighted by Gasteiger charge is -2.17. The predicted molar refractivity (Wildman–Crippen MR) is 49.5 cm³/mol. The van der Waals surface area contributed by atoms with E-state index in [2.05, 4.69) is 35.5 Å². The molecule has 0 amide bonds. The molecular formula is C9H11ClN2O4S. The molecule has 0 bridgehead atoms. The molecule has 6 nitrogen and oxygen atoms in total. The molecule has 0 spiro atoms. The fourth-order valence-electron chi connectivity index (χ4n) is 1.34. The minimum absolute atomic E-state index is 1.09. The fraction of sp³-hybridized carbons (Fsp3) is 0.333. The zero-order valence-corrected chi connectivity index (χ0v) is 11.0. The summed E-state index contributed by atoms with van der Waals surface area (Å²) in [5, 5.41) is 0. The molecule has 0 aromatic carbocycles. The Labute approximate surface area is 104 Å². The van der Waals surface area contributed by atoms with Crippen LogP contribution in [0.1, 0.15) is 16.3 Å². The largest absolute Gasteiger partial charge is 0.387 e. The van der Waals surface area contributed by atoms with E-state index in [1.807, 2.05) is 6.92 Å². The Kier molecular flexibility index (Phi) is 4.36. The minimum atomic E-state index is -4.94. The van der Waals surface area contributed by atoms with Gasteiger partial charge in [-0.05, 0) is 30.2 Å². The van der Waals surface area contributed by atoms with Gasteiger partial charge in [-0.3, -0.25) is 0 Å². The van der Waals surface area contributed by atoms with Crippen LogP contribution in [0.25, 0.3) is 4.96 Å². The maximum atomic E-state index is 8.49. The Hall–Kier alpha value is -0.830. The van der Waals surface area contributed by atoms with Crippen molar-refractivity contribution in [2.75, 3.05) is 0 Å². The third kappa shape index (κ3) is 4.90. The maximum absolute atomic E-state index is 8.49. The number of aryl methyl sites for hydroxylation is 3. The van der Waals surface area contributed by atoms with E-state index < -0.39 is 10.2 Å². The van der Waals surface area contributed by atoms with Crippen molar-refractivity contribution >= 4 is 16.3 Å². The van der Waals surface area contributed by atoms with E-state index in [0.717, 1.165) is 10.7 Å². The lowest BCUT2D eigenvalue weighted by atomic mass is 10.3. The van der Waals surface area contributed by atoms with Gasteiger partial charge in [-0.2, -0.15) is 4.40 Å². The summed E-state index contributed by atoms with van der Waals surface area (Å²) in [6.07, 6.45) is 2.13. The van der Waals surface area contributed by atoms with Crippen LogP contribution in [0.5, 0.6) is 0 Å². The second-order valence-corrected chi connectivity index (χ2v) is 5.38. The zero-order valence-electron chi connectivity index (χ0n) is 9.47. The van der Waals surface area contributed by atoms with Crippen molar-refractivity contribution in [3.8, 4) is 0 Å². The number of nitrogens with zero attached hydrogens (tertiary/aromatic N) is 2. The highest BCUT2D eigenvalue weighted by molar-refractivity contribution is 7.16. The van der Waals surface area contributed by atoms with Gasteiger partial charge in [0.2, 0.25) is 0 Å². The maximum Gasteiger partial charge on any atom is 0.387 e. The first-order valence-electron chi connectivity index (χ1n) is 4.54. The molecule has 0 radical (unpaired) electrons. The van der Waals surface area contributed by atoms with Crippen LogP contribution in [0.4, 0.5) is 0 Å². The average Bonchev–Trinajstić information content (AvgIpc) is 2.42. The molecule has 2 aromatic heterocycles. The molecule has 0 saturated carbocycles. The third-order valence-corrected chi connectivity index (χ3v) is 2.74. The van der Waals surface area contributed by atoms with Crippen LogP contribution in [0.15, 0.2) is 12.3 Å². The van der Waals surface area contributed by atoms with Crippen LogP contribution in [0.2, 0.25) is 0 Å². The molecule has 0 atom stereocenters.